The average molecular weight is 403 g/mol. The van der Waals surface area contributed by atoms with Gasteiger partial charge in [0.1, 0.15) is 0 Å². The Morgan fingerprint density at radius 1 is 1.28 bits per heavy atom. The predicted molar refractivity (Wildman–Crippen MR) is 109 cm³/mol. The molecule has 2 saturated heterocycles. The molecule has 0 unspecified atom stereocenters. The smallest absolute Gasteiger partial charge is 0.265 e. The molecule has 0 radical (unpaired) electrons. The van der Waals surface area contributed by atoms with Crippen LogP contribution in [-0.4, -0.2) is 60.6 Å². The van der Waals surface area contributed by atoms with Gasteiger partial charge in [-0.2, -0.15) is 0 Å². The number of carbonyl (C=O) groups excluding carboxylic acids is 1. The summed E-state index contributed by atoms with van der Waals surface area (Å²) < 4.78 is 26.8. The van der Waals surface area contributed by atoms with Crippen LogP contribution >= 0.6 is 0 Å². The van der Waals surface area contributed by atoms with Crippen LogP contribution in [0.5, 0.6) is 0 Å². The number of nitrogens with two attached hydrogens (primary N) is 1. The minimum Gasteiger partial charge on any atom is -0.369 e. The fourth-order valence-electron chi connectivity index (χ4n) is 4.50. The Bertz CT molecular complexity index is 887. The number of hydrogen-bond acceptors (Lipinski definition) is 5. The maximum Gasteiger partial charge on any atom is 0.265 e. The lowest BCUT2D eigenvalue weighted by molar-refractivity contribution is -0.124. The van der Waals surface area contributed by atoms with Gasteiger partial charge in [-0.15, -0.1) is 0 Å². The highest BCUT2D eigenvalue weighted by atomic mass is 19.3. The van der Waals surface area contributed by atoms with Crippen molar-refractivity contribution >= 4 is 22.5 Å². The van der Waals surface area contributed by atoms with E-state index in [2.05, 4.69) is 22.1 Å². The van der Waals surface area contributed by atoms with E-state index >= 15 is 0 Å². The quantitative estimate of drug-likeness (QED) is 0.800. The van der Waals surface area contributed by atoms with Gasteiger partial charge in [-0.3, -0.25) is 14.7 Å². The molecule has 0 bridgehead atoms. The molecule has 6 nitrogen and oxygen atoms in total. The molecule has 3 N–H and O–H groups in total. The number of fused-ring (bicyclic) bond motifs is 1. The van der Waals surface area contributed by atoms with Gasteiger partial charge in [0.2, 0.25) is 5.91 Å². The third kappa shape index (κ3) is 4.33. The van der Waals surface area contributed by atoms with E-state index in [1.165, 1.54) is 6.07 Å². The summed E-state index contributed by atoms with van der Waals surface area (Å²) in [6, 6.07) is 7.02. The van der Waals surface area contributed by atoms with E-state index in [1.807, 2.05) is 11.0 Å². The van der Waals surface area contributed by atoms with E-state index in [0.29, 0.717) is 24.5 Å². The lowest BCUT2D eigenvalue weighted by atomic mass is 9.94. The number of carbonyl (C=O) groups is 1. The summed E-state index contributed by atoms with van der Waals surface area (Å²) in [7, 11) is 0. The number of nitrogens with zero attached hydrogens (tertiary/aromatic N) is 3. The fraction of sp³-hybridized carbons (Fsp3) is 0.524. The maximum absolute atomic E-state index is 13.4. The SMILES string of the molecule is C[C@H]1C[C@@H](NC(=O)CN2CC(N)C2)CN(c2ccc(C(F)F)c3ncccc23)C1. The molecule has 8 heteroatoms. The summed E-state index contributed by atoms with van der Waals surface area (Å²) >= 11 is 0. The van der Waals surface area contributed by atoms with Crippen LogP contribution < -0.4 is 16.0 Å². The largest absolute Gasteiger partial charge is 0.369 e. The number of piperidine rings is 1. The lowest BCUT2D eigenvalue weighted by Crippen LogP contribution is -2.59. The van der Waals surface area contributed by atoms with Gasteiger partial charge >= 0.3 is 0 Å². The number of halogens is 2. The molecular weight excluding hydrogens is 376 g/mol. The molecule has 1 aromatic heterocycles. The molecule has 0 aliphatic carbocycles. The van der Waals surface area contributed by atoms with Crippen LogP contribution in [0.3, 0.4) is 0 Å². The molecule has 0 spiro atoms. The molecule has 1 aromatic carbocycles. The van der Waals surface area contributed by atoms with Crippen molar-refractivity contribution in [2.75, 3.05) is 37.6 Å². The molecule has 2 fully saturated rings. The lowest BCUT2D eigenvalue weighted by Gasteiger charge is -2.40. The number of benzene rings is 1. The highest BCUT2D eigenvalue weighted by Crippen LogP contribution is 2.34. The molecule has 0 saturated carbocycles. The van der Waals surface area contributed by atoms with Gasteiger partial charge in [0.15, 0.2) is 0 Å². The Kier molecular flexibility index (Phi) is 5.65. The molecule has 2 aromatic rings. The van der Waals surface area contributed by atoms with Crippen LogP contribution in [0.1, 0.15) is 25.3 Å². The van der Waals surface area contributed by atoms with Crippen LogP contribution in [-0.2, 0) is 4.79 Å². The van der Waals surface area contributed by atoms with Crippen LogP contribution in [0.15, 0.2) is 30.5 Å². The summed E-state index contributed by atoms with van der Waals surface area (Å²) in [4.78, 5) is 20.8. The highest BCUT2D eigenvalue weighted by molar-refractivity contribution is 5.94. The van der Waals surface area contributed by atoms with Crippen LogP contribution in [0.2, 0.25) is 0 Å². The number of nitrogens with one attached hydrogen (secondary N) is 1. The first-order valence-electron chi connectivity index (χ1n) is 10.1. The van der Waals surface area contributed by atoms with Crippen molar-refractivity contribution in [1.29, 1.82) is 0 Å². The van der Waals surface area contributed by atoms with Crippen LogP contribution in [0.4, 0.5) is 14.5 Å². The zero-order valence-corrected chi connectivity index (χ0v) is 16.5. The van der Waals surface area contributed by atoms with E-state index in [9.17, 15) is 13.6 Å². The molecular formula is C21H27F2N5O. The van der Waals surface area contributed by atoms with E-state index in [1.54, 1.807) is 18.3 Å². The van der Waals surface area contributed by atoms with E-state index in [-0.39, 0.29) is 23.6 Å². The highest BCUT2D eigenvalue weighted by Gasteiger charge is 2.30. The van der Waals surface area contributed by atoms with Gasteiger partial charge in [-0.25, -0.2) is 8.78 Å². The Morgan fingerprint density at radius 3 is 2.79 bits per heavy atom. The van der Waals surface area contributed by atoms with Crippen LogP contribution in [0, 0.1) is 5.92 Å². The Balaban J connectivity index is 1.51. The fourth-order valence-corrected chi connectivity index (χ4v) is 4.50. The number of anilines is 1. The average Bonchev–Trinajstić information content (AvgIpc) is 2.65. The van der Waals surface area contributed by atoms with Crippen molar-refractivity contribution in [3.05, 3.63) is 36.0 Å². The first-order valence-corrected chi connectivity index (χ1v) is 10.1. The third-order valence-electron chi connectivity index (χ3n) is 5.73. The van der Waals surface area contributed by atoms with Gasteiger partial charge in [0, 0.05) is 61.1 Å². The van der Waals surface area contributed by atoms with Gasteiger partial charge in [0.05, 0.1) is 12.1 Å². The minimum atomic E-state index is -2.57. The van der Waals surface area contributed by atoms with Crippen molar-refractivity contribution < 1.29 is 13.6 Å². The number of rotatable bonds is 5. The minimum absolute atomic E-state index is 0.00974. The Morgan fingerprint density at radius 2 is 2.07 bits per heavy atom. The second-order valence-electron chi connectivity index (χ2n) is 8.34. The summed E-state index contributed by atoms with van der Waals surface area (Å²) in [5.41, 5.74) is 6.95. The van der Waals surface area contributed by atoms with Crippen molar-refractivity contribution in [1.82, 2.24) is 15.2 Å². The number of alkyl halides is 2. The second-order valence-corrected chi connectivity index (χ2v) is 8.34. The predicted octanol–water partition coefficient (Wildman–Crippen LogP) is 2.15. The topological polar surface area (TPSA) is 74.5 Å². The molecule has 2 atom stereocenters. The van der Waals surface area contributed by atoms with E-state index < -0.39 is 6.43 Å². The van der Waals surface area contributed by atoms with Gasteiger partial charge in [-0.1, -0.05) is 6.92 Å². The summed E-state index contributed by atoms with van der Waals surface area (Å²) in [6.45, 7) is 5.49. The van der Waals surface area contributed by atoms with Crippen molar-refractivity contribution in [3.63, 3.8) is 0 Å². The monoisotopic (exact) mass is 403 g/mol. The zero-order valence-electron chi connectivity index (χ0n) is 16.5. The number of hydrogen-bond donors (Lipinski definition) is 2. The summed E-state index contributed by atoms with van der Waals surface area (Å²) in [6.07, 6.45) is -0.127. The molecule has 2 aliphatic heterocycles. The Hall–Kier alpha value is -2.32. The second kappa shape index (κ2) is 8.20. The molecule has 2 aliphatic rings. The van der Waals surface area contributed by atoms with E-state index in [0.717, 1.165) is 37.1 Å². The van der Waals surface area contributed by atoms with Gasteiger partial charge in [0.25, 0.3) is 6.43 Å². The number of likely N-dealkylation sites (tertiary alicyclic amines) is 1. The molecule has 156 valence electrons. The standard InChI is InChI=1S/C21H27F2N5O/c1-13-7-15(26-19(29)12-27-9-14(24)10-27)11-28(8-13)18-5-4-17(21(22)23)20-16(18)3-2-6-25-20/h2-6,13-15,21H,7-12,24H2,1H3,(H,26,29)/t13-,15+/m0/s1. The normalized spacial score (nSPS) is 23.4. The summed E-state index contributed by atoms with van der Waals surface area (Å²) in [5.74, 6) is 0.378. The molecule has 29 heavy (non-hydrogen) atoms. The number of aromatic nitrogens is 1. The molecule has 1 amide bonds. The number of pyridine rings is 1. The van der Waals surface area contributed by atoms with Crippen molar-refractivity contribution in [2.45, 2.75) is 31.9 Å². The first-order chi connectivity index (χ1) is 13.9. The zero-order chi connectivity index (χ0) is 20.5. The third-order valence-corrected chi connectivity index (χ3v) is 5.73. The van der Waals surface area contributed by atoms with Gasteiger partial charge in [-0.05, 0) is 36.6 Å². The Labute approximate surface area is 169 Å². The molecule has 3 heterocycles. The molecule has 4 rings (SSSR count). The van der Waals surface area contributed by atoms with E-state index in [4.69, 9.17) is 5.73 Å². The first kappa shape index (κ1) is 20.0. The number of amides is 1. The van der Waals surface area contributed by atoms with Gasteiger partial charge < -0.3 is 16.0 Å². The maximum atomic E-state index is 13.4. The van der Waals surface area contributed by atoms with Crippen molar-refractivity contribution in [3.8, 4) is 0 Å². The van der Waals surface area contributed by atoms with Crippen molar-refractivity contribution in [2.24, 2.45) is 11.7 Å². The summed E-state index contributed by atoms with van der Waals surface area (Å²) in [5, 5.41) is 3.86. The van der Waals surface area contributed by atoms with Crippen LogP contribution in [0.25, 0.3) is 10.9 Å².